The molecule has 5 rings (SSSR count). The highest BCUT2D eigenvalue weighted by Gasteiger charge is 2.30. The van der Waals surface area contributed by atoms with Gasteiger partial charge in [0.25, 0.3) is 11.8 Å². The van der Waals surface area contributed by atoms with Crippen molar-refractivity contribution in [1.29, 1.82) is 0 Å². The van der Waals surface area contributed by atoms with Crippen molar-refractivity contribution in [3.05, 3.63) is 89.1 Å². The highest BCUT2D eigenvalue weighted by atomic mass is 16.2. The van der Waals surface area contributed by atoms with E-state index in [4.69, 9.17) is 0 Å². The molecule has 4 aromatic rings. The largest absolute Gasteiger partial charge is 0.347 e. The second-order valence-electron chi connectivity index (χ2n) is 7.63. The molecule has 1 aromatic carbocycles. The van der Waals surface area contributed by atoms with Gasteiger partial charge < -0.3 is 14.6 Å². The lowest BCUT2D eigenvalue weighted by molar-refractivity contribution is 0.0725. The highest BCUT2D eigenvalue weighted by Crippen LogP contribution is 2.23. The van der Waals surface area contributed by atoms with Gasteiger partial charge in [-0.2, -0.15) is 5.10 Å². The molecule has 0 atom stereocenters. The molecule has 1 aliphatic rings. The highest BCUT2D eigenvalue weighted by molar-refractivity contribution is 5.95. The summed E-state index contributed by atoms with van der Waals surface area (Å²) in [5.41, 5.74) is 4.31. The maximum absolute atomic E-state index is 13.1. The molecule has 0 spiro atoms. The van der Waals surface area contributed by atoms with Crippen LogP contribution in [0.15, 0.2) is 60.9 Å². The van der Waals surface area contributed by atoms with Gasteiger partial charge in [0.15, 0.2) is 5.69 Å². The normalized spacial score (nSPS) is 13.3. The van der Waals surface area contributed by atoms with Gasteiger partial charge in [0, 0.05) is 50.2 Å². The number of hydrogen-bond acceptors (Lipinski definition) is 4. The van der Waals surface area contributed by atoms with Gasteiger partial charge in [-0.25, -0.2) is 4.98 Å². The van der Waals surface area contributed by atoms with E-state index in [-0.39, 0.29) is 11.8 Å². The molecule has 3 aromatic heterocycles. The van der Waals surface area contributed by atoms with Crippen molar-refractivity contribution in [3.63, 3.8) is 0 Å². The van der Waals surface area contributed by atoms with E-state index in [2.05, 4.69) is 15.4 Å². The molecule has 0 unspecified atom stereocenters. The Labute approximate surface area is 179 Å². The number of rotatable bonds is 4. The molecule has 0 fully saturated rings. The van der Waals surface area contributed by atoms with Crippen LogP contribution in [0, 0.1) is 0 Å². The van der Waals surface area contributed by atoms with Crippen LogP contribution >= 0.6 is 0 Å². The third-order valence-corrected chi connectivity index (χ3v) is 5.62. The zero-order valence-electron chi connectivity index (χ0n) is 17.2. The van der Waals surface area contributed by atoms with Gasteiger partial charge in [-0.15, -0.1) is 0 Å². The third kappa shape index (κ3) is 3.56. The fourth-order valence-corrected chi connectivity index (χ4v) is 4.01. The minimum Gasteiger partial charge on any atom is -0.347 e. The number of imidazole rings is 1. The van der Waals surface area contributed by atoms with Gasteiger partial charge >= 0.3 is 0 Å². The van der Waals surface area contributed by atoms with E-state index in [1.165, 1.54) is 0 Å². The number of aryl methyl sites for hydroxylation is 1. The first-order valence-electron chi connectivity index (χ1n) is 10.2. The average Bonchev–Trinajstić information content (AvgIpc) is 3.39. The van der Waals surface area contributed by atoms with E-state index in [1.807, 2.05) is 66.2 Å². The molecule has 2 amide bonds. The van der Waals surface area contributed by atoms with Crippen molar-refractivity contribution in [2.75, 3.05) is 6.54 Å². The minimum absolute atomic E-state index is 0.145. The molecule has 156 valence electrons. The number of carbonyl (C=O) groups excluding carboxylic acids is 2. The van der Waals surface area contributed by atoms with Crippen molar-refractivity contribution in [2.24, 2.45) is 7.05 Å². The molecule has 0 saturated heterocycles. The summed E-state index contributed by atoms with van der Waals surface area (Å²) in [7, 11) is 1.84. The van der Waals surface area contributed by atoms with E-state index >= 15 is 0 Å². The molecular formula is C23H22N6O2. The Hall–Kier alpha value is -3.94. The van der Waals surface area contributed by atoms with Crippen molar-refractivity contribution in [2.45, 2.75) is 19.5 Å². The zero-order chi connectivity index (χ0) is 21.4. The standard InChI is InChI=1S/C23H22N6O2/c1-27-19-10-12-29(23(31)18-15-28-11-6-5-9-20(28)25-18)14-17(19)21(26-27)22(30)24-13-16-7-3-2-4-8-16/h2-9,11,15H,10,12-14H2,1H3,(H,24,30). The lowest BCUT2D eigenvalue weighted by Crippen LogP contribution is -2.37. The van der Waals surface area contributed by atoms with Crippen LogP contribution in [0.2, 0.25) is 0 Å². The minimum atomic E-state index is -0.234. The summed E-state index contributed by atoms with van der Waals surface area (Å²) in [5, 5.41) is 7.39. The fraction of sp³-hybridized carbons (Fsp3) is 0.217. The van der Waals surface area contributed by atoms with Crippen LogP contribution in [0.3, 0.4) is 0 Å². The van der Waals surface area contributed by atoms with E-state index in [0.29, 0.717) is 37.4 Å². The molecule has 0 aliphatic carbocycles. The Morgan fingerprint density at radius 3 is 2.71 bits per heavy atom. The number of benzene rings is 1. The van der Waals surface area contributed by atoms with Crippen LogP contribution in [-0.2, 0) is 26.6 Å². The number of nitrogens with one attached hydrogen (secondary N) is 1. The second-order valence-corrected chi connectivity index (χ2v) is 7.63. The summed E-state index contributed by atoms with van der Waals surface area (Å²) in [6.07, 6.45) is 4.25. The maximum Gasteiger partial charge on any atom is 0.274 e. The number of nitrogens with zero attached hydrogens (tertiary/aromatic N) is 5. The predicted octanol–water partition coefficient (Wildman–Crippen LogP) is 2.20. The average molecular weight is 414 g/mol. The first kappa shape index (κ1) is 19.0. The lowest BCUT2D eigenvalue weighted by Gasteiger charge is -2.27. The number of pyridine rings is 1. The molecule has 0 radical (unpaired) electrons. The smallest absolute Gasteiger partial charge is 0.274 e. The van der Waals surface area contributed by atoms with Crippen molar-refractivity contribution < 1.29 is 9.59 Å². The lowest BCUT2D eigenvalue weighted by atomic mass is 10.0. The predicted molar refractivity (Wildman–Crippen MR) is 114 cm³/mol. The van der Waals surface area contributed by atoms with Crippen LogP contribution in [0.1, 0.15) is 37.8 Å². The van der Waals surface area contributed by atoms with Crippen molar-refractivity contribution in [1.82, 2.24) is 29.4 Å². The molecule has 4 heterocycles. The molecule has 8 heteroatoms. The maximum atomic E-state index is 13.1. The summed E-state index contributed by atoms with van der Waals surface area (Å²) in [6, 6.07) is 15.4. The van der Waals surface area contributed by atoms with E-state index in [9.17, 15) is 9.59 Å². The fourth-order valence-electron chi connectivity index (χ4n) is 4.01. The Morgan fingerprint density at radius 2 is 1.90 bits per heavy atom. The van der Waals surface area contributed by atoms with Gasteiger partial charge in [0.05, 0.1) is 6.54 Å². The summed E-state index contributed by atoms with van der Waals surface area (Å²) < 4.78 is 3.58. The van der Waals surface area contributed by atoms with Crippen LogP contribution < -0.4 is 5.32 Å². The van der Waals surface area contributed by atoms with Gasteiger partial charge in [-0.1, -0.05) is 36.4 Å². The Bertz CT molecular complexity index is 1240. The quantitative estimate of drug-likeness (QED) is 0.555. The summed E-state index contributed by atoms with van der Waals surface area (Å²) in [4.78, 5) is 32.1. The number of hydrogen-bond donors (Lipinski definition) is 1. The SMILES string of the molecule is Cn1nc(C(=O)NCc2ccccc2)c2c1CCN(C(=O)c1cn3ccccc3n1)C2. The Kier molecular flexibility index (Phi) is 4.74. The summed E-state index contributed by atoms with van der Waals surface area (Å²) in [6.45, 7) is 1.32. The first-order valence-corrected chi connectivity index (χ1v) is 10.2. The number of carbonyl (C=O) groups is 2. The topological polar surface area (TPSA) is 84.5 Å². The van der Waals surface area contributed by atoms with E-state index in [0.717, 1.165) is 22.5 Å². The number of fused-ring (bicyclic) bond motifs is 2. The van der Waals surface area contributed by atoms with Crippen molar-refractivity contribution in [3.8, 4) is 0 Å². The summed E-state index contributed by atoms with van der Waals surface area (Å²) >= 11 is 0. The first-order chi connectivity index (χ1) is 15.1. The van der Waals surface area contributed by atoms with Crippen LogP contribution in [0.5, 0.6) is 0 Å². The molecule has 1 aliphatic heterocycles. The molecule has 8 nitrogen and oxygen atoms in total. The van der Waals surface area contributed by atoms with E-state index in [1.54, 1.807) is 15.8 Å². The second kappa shape index (κ2) is 7.71. The molecule has 0 bridgehead atoms. The molecule has 31 heavy (non-hydrogen) atoms. The van der Waals surface area contributed by atoms with Gasteiger partial charge in [0.1, 0.15) is 11.3 Å². The van der Waals surface area contributed by atoms with Crippen LogP contribution in [0.4, 0.5) is 0 Å². The number of aromatic nitrogens is 4. The van der Waals surface area contributed by atoms with Gasteiger partial charge in [-0.3, -0.25) is 14.3 Å². The molecule has 1 N–H and O–H groups in total. The summed E-state index contributed by atoms with van der Waals surface area (Å²) in [5.74, 6) is -0.378. The zero-order valence-corrected chi connectivity index (χ0v) is 17.2. The monoisotopic (exact) mass is 414 g/mol. The molecule has 0 saturated carbocycles. The number of amides is 2. The van der Waals surface area contributed by atoms with E-state index < -0.39 is 0 Å². The van der Waals surface area contributed by atoms with Gasteiger partial charge in [-0.05, 0) is 17.7 Å². The third-order valence-electron chi connectivity index (χ3n) is 5.62. The molecular weight excluding hydrogens is 392 g/mol. The van der Waals surface area contributed by atoms with Crippen LogP contribution in [-0.4, -0.2) is 42.4 Å². The van der Waals surface area contributed by atoms with Gasteiger partial charge in [0.2, 0.25) is 0 Å². The van der Waals surface area contributed by atoms with Crippen molar-refractivity contribution >= 4 is 17.5 Å². The van der Waals surface area contributed by atoms with Crippen LogP contribution in [0.25, 0.3) is 5.65 Å². The Morgan fingerprint density at radius 1 is 1.10 bits per heavy atom. The Balaban J connectivity index is 1.36.